The monoisotopic (exact) mass is 288 g/mol. The van der Waals surface area contributed by atoms with Crippen LogP contribution in [-0.2, 0) is 14.3 Å². The summed E-state index contributed by atoms with van der Waals surface area (Å²) < 4.78 is 28.5. The summed E-state index contributed by atoms with van der Waals surface area (Å²) in [5.74, 6) is -0.0735. The molecule has 17 heavy (non-hydrogen) atoms. The Kier molecular flexibility index (Phi) is 5.72. The molecular formula is C10H16CaO5S. The Morgan fingerprint density at radius 1 is 1.41 bits per heavy atom. The van der Waals surface area contributed by atoms with Gasteiger partial charge < -0.3 is 10.2 Å². The van der Waals surface area contributed by atoms with Gasteiger partial charge >= 0.3 is 10.1 Å². The van der Waals surface area contributed by atoms with Crippen LogP contribution in [0, 0.1) is 0 Å². The predicted molar refractivity (Wildman–Crippen MR) is 64.9 cm³/mol. The van der Waals surface area contributed by atoms with Crippen molar-refractivity contribution in [3.8, 4) is 0 Å². The number of hydrogen-bond acceptors (Lipinski definition) is 5. The number of hydrogen-bond donors (Lipinski definition) is 2. The summed E-state index contributed by atoms with van der Waals surface area (Å²) in [6.45, 7) is 4.73. The first kappa shape index (κ1) is 17.4. The fourth-order valence-electron chi connectivity index (χ4n) is 1.19. The number of aliphatic hydroxyl groups is 2. The Bertz CT molecular complexity index is 432. The van der Waals surface area contributed by atoms with Crippen LogP contribution < -0.4 is 0 Å². The zero-order valence-corrected chi connectivity index (χ0v) is 13.2. The molecule has 0 aliphatic heterocycles. The van der Waals surface area contributed by atoms with Crippen molar-refractivity contribution >= 4 is 47.9 Å². The quantitative estimate of drug-likeness (QED) is 0.581. The maximum Gasteiger partial charge on any atom is 0.302 e. The van der Waals surface area contributed by atoms with Crippen molar-refractivity contribution in [2.75, 3.05) is 0 Å². The molecule has 1 atom stereocenters. The average Bonchev–Trinajstić information content (AvgIpc) is 2.06. The second kappa shape index (κ2) is 5.59. The third-order valence-corrected chi connectivity index (χ3v) is 3.80. The van der Waals surface area contributed by atoms with Crippen molar-refractivity contribution < 1.29 is 22.8 Å². The molecular weight excluding hydrogens is 272 g/mol. The minimum atomic E-state index is -4.15. The zero-order chi connectivity index (χ0) is 12.6. The van der Waals surface area contributed by atoms with E-state index in [1.54, 1.807) is 20.8 Å². The first-order valence-corrected chi connectivity index (χ1v) is 6.22. The van der Waals surface area contributed by atoms with Gasteiger partial charge in [-0.3, -0.25) is 4.18 Å². The second-order valence-electron chi connectivity index (χ2n) is 4.66. The predicted octanol–water partition coefficient (Wildman–Crippen LogP) is 0.841. The van der Waals surface area contributed by atoms with Crippen LogP contribution in [0.15, 0.2) is 24.0 Å². The first-order chi connectivity index (χ1) is 7.06. The van der Waals surface area contributed by atoms with Crippen molar-refractivity contribution in [1.82, 2.24) is 0 Å². The van der Waals surface area contributed by atoms with Crippen LogP contribution in [0.1, 0.15) is 27.2 Å². The maximum atomic E-state index is 11.8. The van der Waals surface area contributed by atoms with E-state index < -0.39 is 20.7 Å². The molecule has 2 N–H and O–H groups in total. The molecule has 0 saturated carbocycles. The summed E-state index contributed by atoms with van der Waals surface area (Å²) in [6.07, 6.45) is 3.15. The van der Waals surface area contributed by atoms with Crippen molar-refractivity contribution in [1.29, 1.82) is 0 Å². The van der Waals surface area contributed by atoms with Crippen LogP contribution in [-0.4, -0.2) is 66.9 Å². The van der Waals surface area contributed by atoms with Gasteiger partial charge in [0.2, 0.25) is 4.93 Å². The van der Waals surface area contributed by atoms with E-state index in [1.165, 1.54) is 6.08 Å². The molecule has 7 heteroatoms. The van der Waals surface area contributed by atoms with Crippen LogP contribution >= 0.6 is 0 Å². The number of allylic oxidation sites excluding steroid dienone is 1. The second-order valence-corrected chi connectivity index (χ2v) is 6.44. The Morgan fingerprint density at radius 3 is 2.29 bits per heavy atom. The Hall–Kier alpha value is 0.410. The minimum absolute atomic E-state index is 0. The van der Waals surface area contributed by atoms with Gasteiger partial charge in [-0.2, -0.15) is 8.42 Å². The third-order valence-electron chi connectivity index (χ3n) is 1.91. The summed E-state index contributed by atoms with van der Waals surface area (Å²) in [4.78, 5) is -2.10. The van der Waals surface area contributed by atoms with Gasteiger partial charge in [0, 0.05) is 44.2 Å². The summed E-state index contributed by atoms with van der Waals surface area (Å²) in [5.41, 5.74) is -0.911. The first-order valence-electron chi connectivity index (χ1n) is 4.82. The van der Waals surface area contributed by atoms with Crippen molar-refractivity contribution in [3.63, 3.8) is 0 Å². The van der Waals surface area contributed by atoms with Gasteiger partial charge in [0.25, 0.3) is 0 Å². The van der Waals surface area contributed by atoms with Gasteiger partial charge in [-0.15, -0.1) is 0 Å². The molecule has 1 unspecified atom stereocenters. The molecule has 0 saturated heterocycles. The van der Waals surface area contributed by atoms with Gasteiger partial charge in [-0.1, -0.05) is 0 Å². The van der Waals surface area contributed by atoms with Gasteiger partial charge in [-0.05, 0) is 39.0 Å². The fourth-order valence-corrected chi connectivity index (χ4v) is 2.51. The van der Waals surface area contributed by atoms with Gasteiger partial charge in [-0.25, -0.2) is 0 Å². The summed E-state index contributed by atoms with van der Waals surface area (Å²) >= 11 is 0. The molecule has 1 rings (SSSR count). The van der Waals surface area contributed by atoms with E-state index in [9.17, 15) is 13.5 Å². The van der Waals surface area contributed by atoms with E-state index in [-0.39, 0.29) is 49.9 Å². The average molecular weight is 288 g/mol. The summed E-state index contributed by atoms with van der Waals surface area (Å²) in [7, 11) is -4.15. The maximum absolute atomic E-state index is 11.8. The molecule has 94 valence electrons. The molecule has 0 aromatic rings. The topological polar surface area (TPSA) is 83.8 Å². The van der Waals surface area contributed by atoms with Crippen LogP contribution in [0.5, 0.6) is 0 Å². The Labute approximate surface area is 131 Å². The normalized spacial score (nSPS) is 25.1. The van der Waals surface area contributed by atoms with Gasteiger partial charge in [0.15, 0.2) is 0 Å². The smallest absolute Gasteiger partial charge is 0.302 e. The molecule has 1 aliphatic carbocycles. The van der Waals surface area contributed by atoms with E-state index in [0.717, 1.165) is 12.2 Å². The van der Waals surface area contributed by atoms with Gasteiger partial charge in [0.05, 0.1) is 5.60 Å². The molecule has 0 aromatic heterocycles. The Morgan fingerprint density at radius 2 is 1.94 bits per heavy atom. The molecule has 0 amide bonds. The van der Waals surface area contributed by atoms with Crippen LogP contribution in [0.25, 0.3) is 0 Å². The van der Waals surface area contributed by atoms with Crippen LogP contribution in [0.2, 0.25) is 0 Å². The molecule has 0 aromatic carbocycles. The van der Waals surface area contributed by atoms with Crippen LogP contribution in [0.4, 0.5) is 0 Å². The number of rotatable bonds is 2. The number of aliphatic hydroxyl groups excluding tert-OH is 1. The van der Waals surface area contributed by atoms with E-state index in [1.807, 2.05) is 0 Å². The zero-order valence-electron chi connectivity index (χ0n) is 10.2. The van der Waals surface area contributed by atoms with E-state index in [2.05, 4.69) is 0 Å². The molecule has 0 spiro atoms. The summed E-state index contributed by atoms with van der Waals surface area (Å²) in [5, 5.41) is 19.0. The molecule has 0 fully saturated rings. The molecule has 2 radical (unpaired) electrons. The van der Waals surface area contributed by atoms with Gasteiger partial charge in [0.1, 0.15) is 5.76 Å². The van der Waals surface area contributed by atoms with Crippen LogP contribution in [0.3, 0.4) is 0 Å². The molecule has 5 nitrogen and oxygen atoms in total. The fraction of sp³-hybridized carbons (Fsp3) is 0.600. The largest absolute Gasteiger partial charge is 0.508 e. The van der Waals surface area contributed by atoms with E-state index in [0.29, 0.717) is 0 Å². The standard InChI is InChI=1S/C10H16O5S.Ca/c1-9(2,3)15-16(13,14)10(12)6-4-8(11)5-7-10;/h4-6,11-12H,7H2,1-3H3;. The Balaban J connectivity index is 0.00000256. The van der Waals surface area contributed by atoms with E-state index in [4.69, 9.17) is 9.29 Å². The van der Waals surface area contributed by atoms with Crippen molar-refractivity contribution in [2.45, 2.75) is 37.7 Å². The molecule has 1 aliphatic rings. The summed E-state index contributed by atoms with van der Waals surface area (Å²) in [6, 6.07) is 0. The van der Waals surface area contributed by atoms with E-state index >= 15 is 0 Å². The molecule has 0 heterocycles. The van der Waals surface area contributed by atoms with Crippen molar-refractivity contribution in [2.24, 2.45) is 0 Å². The SMILES string of the molecule is CC(C)(C)OS(=O)(=O)C1(O)C=CC(O)=CC1.[Ca]. The van der Waals surface area contributed by atoms with Crippen molar-refractivity contribution in [3.05, 3.63) is 24.0 Å². The molecule has 0 bridgehead atoms. The minimum Gasteiger partial charge on any atom is -0.508 e. The third kappa shape index (κ3) is 4.54.